The summed E-state index contributed by atoms with van der Waals surface area (Å²) in [7, 11) is 3.96. The maximum absolute atomic E-state index is 5.78. The standard InChI is InChI=1S/C9H13N2O/c1-11(2)8-6-4-3-5-7(8)9(10)12-11/h3-6,9H,10H2,1-2H3/q+1. The fraction of sp³-hybridized carbons (Fsp3) is 0.333. The van der Waals surface area contributed by atoms with Crippen LogP contribution >= 0.6 is 0 Å². The minimum Gasteiger partial charge on any atom is -0.297 e. The molecule has 1 unspecified atom stereocenters. The van der Waals surface area contributed by atoms with E-state index in [4.69, 9.17) is 10.6 Å². The first kappa shape index (κ1) is 7.73. The third kappa shape index (κ3) is 0.948. The second kappa shape index (κ2) is 2.29. The van der Waals surface area contributed by atoms with E-state index < -0.39 is 0 Å². The quantitative estimate of drug-likeness (QED) is 0.585. The number of rotatable bonds is 0. The molecule has 2 N–H and O–H groups in total. The molecule has 64 valence electrons. The van der Waals surface area contributed by atoms with E-state index in [9.17, 15) is 0 Å². The van der Waals surface area contributed by atoms with Crippen molar-refractivity contribution in [3.05, 3.63) is 29.8 Å². The molecule has 0 saturated heterocycles. The molecule has 0 fully saturated rings. The molecule has 0 bridgehead atoms. The van der Waals surface area contributed by atoms with Crippen molar-refractivity contribution in [2.24, 2.45) is 5.73 Å². The van der Waals surface area contributed by atoms with Gasteiger partial charge in [-0.1, -0.05) is 12.1 Å². The van der Waals surface area contributed by atoms with Gasteiger partial charge in [0, 0.05) is 6.07 Å². The lowest BCUT2D eigenvalue weighted by atomic mass is 10.1. The summed E-state index contributed by atoms with van der Waals surface area (Å²) in [6.45, 7) is 0. The SMILES string of the molecule is C[N+]1(C)OC(N)c2ccccc21. The molecule has 1 aliphatic heterocycles. The summed E-state index contributed by atoms with van der Waals surface area (Å²) in [5.74, 6) is 0. The number of hydrogen-bond donors (Lipinski definition) is 1. The average Bonchev–Trinajstić information content (AvgIpc) is 2.25. The highest BCUT2D eigenvalue weighted by atomic mass is 16.7. The van der Waals surface area contributed by atoms with Crippen LogP contribution in [0, 0.1) is 0 Å². The summed E-state index contributed by atoms with van der Waals surface area (Å²) in [5, 5.41) is 0. The maximum atomic E-state index is 5.78. The van der Waals surface area contributed by atoms with Gasteiger partial charge in [0.2, 0.25) is 0 Å². The van der Waals surface area contributed by atoms with Crippen molar-refractivity contribution in [2.45, 2.75) is 6.23 Å². The summed E-state index contributed by atoms with van der Waals surface area (Å²) in [5.41, 5.74) is 8.01. The monoisotopic (exact) mass is 165 g/mol. The van der Waals surface area contributed by atoms with Gasteiger partial charge in [-0.2, -0.15) is 9.48 Å². The van der Waals surface area contributed by atoms with E-state index in [-0.39, 0.29) is 6.23 Å². The smallest absolute Gasteiger partial charge is 0.197 e. The Bertz CT molecular complexity index is 309. The summed E-state index contributed by atoms with van der Waals surface area (Å²) in [6, 6.07) is 8.03. The molecule has 1 aliphatic rings. The van der Waals surface area contributed by atoms with Crippen LogP contribution in [0.5, 0.6) is 0 Å². The van der Waals surface area contributed by atoms with Gasteiger partial charge in [-0.15, -0.1) is 0 Å². The van der Waals surface area contributed by atoms with E-state index in [1.54, 1.807) is 0 Å². The van der Waals surface area contributed by atoms with E-state index in [1.165, 1.54) is 0 Å². The number of quaternary nitrogens is 1. The third-order valence-corrected chi connectivity index (χ3v) is 2.20. The topological polar surface area (TPSA) is 35.2 Å². The van der Waals surface area contributed by atoms with Crippen LogP contribution < -0.4 is 10.4 Å². The zero-order valence-electron chi connectivity index (χ0n) is 7.32. The molecule has 0 radical (unpaired) electrons. The fourth-order valence-electron chi connectivity index (χ4n) is 1.62. The minimum atomic E-state index is -0.281. The summed E-state index contributed by atoms with van der Waals surface area (Å²) in [4.78, 5) is 5.53. The molecule has 1 aromatic carbocycles. The number of nitrogens with two attached hydrogens (primary N) is 1. The van der Waals surface area contributed by atoms with Crippen LogP contribution in [-0.2, 0) is 4.84 Å². The van der Waals surface area contributed by atoms with Crippen LogP contribution in [0.25, 0.3) is 0 Å². The Kier molecular flexibility index (Phi) is 1.48. The molecule has 1 heterocycles. The van der Waals surface area contributed by atoms with Crippen molar-refractivity contribution in [1.29, 1.82) is 0 Å². The molecule has 3 nitrogen and oxygen atoms in total. The van der Waals surface area contributed by atoms with Crippen molar-refractivity contribution >= 4 is 5.69 Å². The van der Waals surface area contributed by atoms with Gasteiger partial charge in [0.25, 0.3) is 0 Å². The lowest BCUT2D eigenvalue weighted by Crippen LogP contribution is -2.37. The Hall–Kier alpha value is -0.900. The number of benzene rings is 1. The van der Waals surface area contributed by atoms with Gasteiger partial charge < -0.3 is 0 Å². The van der Waals surface area contributed by atoms with Gasteiger partial charge in [-0.25, -0.2) is 0 Å². The Morgan fingerprint density at radius 1 is 1.33 bits per heavy atom. The summed E-state index contributed by atoms with van der Waals surface area (Å²) in [6.07, 6.45) is -0.281. The predicted octanol–water partition coefficient (Wildman–Crippen LogP) is 1.16. The number of fused-ring (bicyclic) bond motifs is 1. The van der Waals surface area contributed by atoms with Crippen molar-refractivity contribution in [2.75, 3.05) is 14.1 Å². The molecule has 1 aromatic rings. The van der Waals surface area contributed by atoms with Crippen molar-refractivity contribution in [3.8, 4) is 0 Å². The minimum absolute atomic E-state index is 0.281. The highest BCUT2D eigenvalue weighted by molar-refractivity contribution is 5.51. The lowest BCUT2D eigenvalue weighted by molar-refractivity contribution is -0.132. The van der Waals surface area contributed by atoms with Gasteiger partial charge in [0.05, 0.1) is 5.56 Å². The van der Waals surface area contributed by atoms with Crippen LogP contribution in [0.4, 0.5) is 5.69 Å². The maximum Gasteiger partial charge on any atom is 0.197 e. The second-order valence-electron chi connectivity index (χ2n) is 3.44. The van der Waals surface area contributed by atoms with Gasteiger partial charge in [-0.3, -0.25) is 5.73 Å². The van der Waals surface area contributed by atoms with Crippen LogP contribution in [0.2, 0.25) is 0 Å². The molecule has 0 aliphatic carbocycles. The zero-order valence-corrected chi connectivity index (χ0v) is 7.32. The van der Waals surface area contributed by atoms with E-state index in [0.717, 1.165) is 11.3 Å². The van der Waals surface area contributed by atoms with Crippen LogP contribution in [0.3, 0.4) is 0 Å². The molecular weight excluding hydrogens is 152 g/mol. The van der Waals surface area contributed by atoms with Gasteiger partial charge in [0.1, 0.15) is 14.1 Å². The highest BCUT2D eigenvalue weighted by Crippen LogP contribution is 2.37. The first-order valence-electron chi connectivity index (χ1n) is 3.99. The van der Waals surface area contributed by atoms with Gasteiger partial charge in [-0.05, 0) is 6.07 Å². The Balaban J connectivity index is 2.58. The van der Waals surface area contributed by atoms with E-state index in [0.29, 0.717) is 4.65 Å². The van der Waals surface area contributed by atoms with Crippen LogP contribution in [0.15, 0.2) is 24.3 Å². The Labute approximate surface area is 71.9 Å². The van der Waals surface area contributed by atoms with E-state index in [2.05, 4.69) is 0 Å². The van der Waals surface area contributed by atoms with Crippen molar-refractivity contribution in [3.63, 3.8) is 0 Å². The van der Waals surface area contributed by atoms with E-state index in [1.807, 2.05) is 38.4 Å². The number of hydroxylamine groups is 2. The Morgan fingerprint density at radius 3 is 2.67 bits per heavy atom. The highest BCUT2D eigenvalue weighted by Gasteiger charge is 2.37. The van der Waals surface area contributed by atoms with Crippen LogP contribution in [0.1, 0.15) is 11.8 Å². The number of para-hydroxylation sites is 1. The molecule has 12 heavy (non-hydrogen) atoms. The van der Waals surface area contributed by atoms with Crippen LogP contribution in [-0.4, -0.2) is 14.1 Å². The lowest BCUT2D eigenvalue weighted by Gasteiger charge is -2.20. The largest absolute Gasteiger partial charge is 0.297 e. The van der Waals surface area contributed by atoms with Crippen molar-refractivity contribution < 1.29 is 4.84 Å². The number of hydrogen-bond acceptors (Lipinski definition) is 2. The second-order valence-corrected chi connectivity index (χ2v) is 3.44. The predicted molar refractivity (Wildman–Crippen MR) is 48.1 cm³/mol. The van der Waals surface area contributed by atoms with Gasteiger partial charge >= 0.3 is 0 Å². The third-order valence-electron chi connectivity index (χ3n) is 2.20. The first-order valence-corrected chi connectivity index (χ1v) is 3.99. The molecule has 0 aromatic heterocycles. The van der Waals surface area contributed by atoms with Gasteiger partial charge in [0.15, 0.2) is 11.9 Å². The molecular formula is C9H13N2O+. The first-order chi connectivity index (χ1) is 5.61. The molecule has 0 spiro atoms. The molecule has 0 saturated carbocycles. The normalized spacial score (nSPS) is 25.4. The zero-order chi connectivity index (χ0) is 8.77. The fourth-order valence-corrected chi connectivity index (χ4v) is 1.62. The number of nitrogens with zero attached hydrogens (tertiary/aromatic N) is 1. The molecule has 0 amide bonds. The molecule has 2 rings (SSSR count). The molecule has 1 atom stereocenters. The summed E-state index contributed by atoms with van der Waals surface area (Å²) >= 11 is 0. The van der Waals surface area contributed by atoms with Crippen molar-refractivity contribution in [1.82, 2.24) is 4.65 Å². The van der Waals surface area contributed by atoms with E-state index >= 15 is 0 Å². The summed E-state index contributed by atoms with van der Waals surface area (Å²) < 4.78 is 0.414. The molecule has 3 heteroatoms. The Morgan fingerprint density at radius 2 is 2.00 bits per heavy atom. The average molecular weight is 165 g/mol.